The van der Waals surface area contributed by atoms with Crippen molar-refractivity contribution < 1.29 is 4.79 Å². The molecule has 2 aromatic heterocycles. The Morgan fingerprint density at radius 2 is 2.07 bits per heavy atom. The lowest BCUT2D eigenvalue weighted by Gasteiger charge is -2.48. The number of hydrogen-bond acceptors (Lipinski definition) is 5. The van der Waals surface area contributed by atoms with Crippen molar-refractivity contribution >= 4 is 11.7 Å². The summed E-state index contributed by atoms with van der Waals surface area (Å²) in [7, 11) is 0. The summed E-state index contributed by atoms with van der Waals surface area (Å²) in [5.41, 5.74) is 1.62. The van der Waals surface area contributed by atoms with Crippen LogP contribution in [0, 0.1) is 16.7 Å². The minimum atomic E-state index is 0.108. The van der Waals surface area contributed by atoms with Gasteiger partial charge in [0.1, 0.15) is 11.9 Å². The molecule has 2 fully saturated rings. The Morgan fingerprint density at radius 3 is 2.81 bits per heavy atom. The van der Waals surface area contributed by atoms with E-state index in [-0.39, 0.29) is 11.3 Å². The maximum atomic E-state index is 12.5. The zero-order chi connectivity index (χ0) is 18.7. The summed E-state index contributed by atoms with van der Waals surface area (Å²) >= 11 is 0. The number of carbonyl (C=O) groups excluding carboxylic acids is 1. The first kappa shape index (κ1) is 17.5. The van der Waals surface area contributed by atoms with E-state index in [4.69, 9.17) is 5.26 Å². The molecule has 0 N–H and O–H groups in total. The Hall–Kier alpha value is -2.94. The van der Waals surface area contributed by atoms with Gasteiger partial charge in [-0.2, -0.15) is 5.26 Å². The Bertz CT molecular complexity index is 845. The quantitative estimate of drug-likeness (QED) is 0.840. The number of nitrogens with zero attached hydrogens (tertiary/aromatic N) is 5. The first-order valence-corrected chi connectivity index (χ1v) is 9.46. The van der Waals surface area contributed by atoms with Crippen molar-refractivity contribution in [2.45, 2.75) is 32.2 Å². The normalized spacial score (nSPS) is 22.7. The van der Waals surface area contributed by atoms with Crippen LogP contribution in [0.1, 0.15) is 36.9 Å². The van der Waals surface area contributed by atoms with Crippen LogP contribution >= 0.6 is 0 Å². The maximum Gasteiger partial charge on any atom is 0.222 e. The average Bonchev–Trinajstić information content (AvgIpc) is 2.72. The summed E-state index contributed by atoms with van der Waals surface area (Å²) in [5, 5.41) is 8.97. The van der Waals surface area contributed by atoms with Crippen molar-refractivity contribution in [2.24, 2.45) is 5.41 Å². The van der Waals surface area contributed by atoms with Gasteiger partial charge in [-0.25, -0.2) is 4.98 Å². The molecule has 1 amide bonds. The fourth-order valence-electron chi connectivity index (χ4n) is 4.31. The van der Waals surface area contributed by atoms with E-state index in [1.807, 2.05) is 35.2 Å². The minimum absolute atomic E-state index is 0.108. The summed E-state index contributed by atoms with van der Waals surface area (Å²) in [6.45, 7) is 3.22. The molecule has 1 atom stereocenters. The fraction of sp³-hybridized carbons (Fsp3) is 0.429. The lowest BCUT2D eigenvalue weighted by Crippen LogP contribution is -2.54. The number of hydrogen-bond donors (Lipinski definition) is 0. The third-order valence-electron chi connectivity index (χ3n) is 5.69. The molecule has 4 rings (SSSR count). The average molecular weight is 361 g/mol. The molecule has 0 bridgehead atoms. The summed E-state index contributed by atoms with van der Waals surface area (Å²) in [5.74, 6) is 1.14. The van der Waals surface area contributed by atoms with Crippen molar-refractivity contribution in [2.75, 3.05) is 24.5 Å². The van der Waals surface area contributed by atoms with Gasteiger partial charge in [0.15, 0.2) is 0 Å². The van der Waals surface area contributed by atoms with Crippen molar-refractivity contribution in [1.29, 1.82) is 5.26 Å². The second-order valence-electron chi connectivity index (χ2n) is 7.61. The molecular formula is C21H23N5O. The van der Waals surface area contributed by atoms with Crippen LogP contribution in [0.3, 0.4) is 0 Å². The zero-order valence-electron chi connectivity index (χ0n) is 15.3. The van der Waals surface area contributed by atoms with E-state index in [1.54, 1.807) is 12.4 Å². The molecule has 0 unspecified atom stereocenters. The van der Waals surface area contributed by atoms with E-state index in [0.717, 1.165) is 50.4 Å². The molecule has 6 heteroatoms. The predicted octanol–water partition coefficient (Wildman–Crippen LogP) is 2.76. The number of nitriles is 1. The predicted molar refractivity (Wildman–Crippen MR) is 102 cm³/mol. The Balaban J connectivity index is 1.49. The fourth-order valence-corrected chi connectivity index (χ4v) is 4.31. The van der Waals surface area contributed by atoms with Crippen molar-refractivity contribution in [3.63, 3.8) is 0 Å². The molecule has 138 valence electrons. The third kappa shape index (κ3) is 3.77. The van der Waals surface area contributed by atoms with Gasteiger partial charge in [0, 0.05) is 43.9 Å². The monoisotopic (exact) mass is 361 g/mol. The summed E-state index contributed by atoms with van der Waals surface area (Å²) in [6.07, 6.45) is 7.16. The van der Waals surface area contributed by atoms with Gasteiger partial charge in [-0.1, -0.05) is 6.07 Å². The number of amides is 1. The van der Waals surface area contributed by atoms with Crippen LogP contribution in [-0.4, -0.2) is 40.4 Å². The third-order valence-corrected chi connectivity index (χ3v) is 5.69. The molecule has 0 aromatic carbocycles. The van der Waals surface area contributed by atoms with Gasteiger partial charge >= 0.3 is 0 Å². The standard InChI is InChI=1S/C21H23N5O/c22-12-17-5-6-19(24-13-17)25-11-3-8-21(15-25)9-7-20(27)26(16-21)14-18-4-1-2-10-23-18/h1-2,4-6,10,13H,3,7-9,11,14-16H2/t21-/m0/s1. The topological polar surface area (TPSA) is 73.1 Å². The molecule has 6 nitrogen and oxygen atoms in total. The highest BCUT2D eigenvalue weighted by molar-refractivity contribution is 5.77. The molecule has 2 saturated heterocycles. The van der Waals surface area contributed by atoms with Gasteiger partial charge in [0.05, 0.1) is 17.8 Å². The summed E-state index contributed by atoms with van der Waals surface area (Å²) in [6, 6.07) is 11.7. The van der Waals surface area contributed by atoms with Gasteiger partial charge in [0.25, 0.3) is 0 Å². The molecule has 2 aliphatic rings. The van der Waals surface area contributed by atoms with Gasteiger partial charge in [-0.05, 0) is 43.5 Å². The highest BCUT2D eigenvalue weighted by atomic mass is 16.2. The lowest BCUT2D eigenvalue weighted by atomic mass is 9.73. The Labute approximate surface area is 159 Å². The van der Waals surface area contributed by atoms with Crippen molar-refractivity contribution in [3.05, 3.63) is 54.0 Å². The van der Waals surface area contributed by atoms with Crippen LogP contribution in [0.2, 0.25) is 0 Å². The number of likely N-dealkylation sites (tertiary alicyclic amines) is 1. The first-order valence-electron chi connectivity index (χ1n) is 9.46. The molecular weight excluding hydrogens is 338 g/mol. The van der Waals surface area contributed by atoms with Crippen LogP contribution in [-0.2, 0) is 11.3 Å². The van der Waals surface area contributed by atoms with Crippen LogP contribution in [0.4, 0.5) is 5.82 Å². The van der Waals surface area contributed by atoms with Crippen molar-refractivity contribution in [1.82, 2.24) is 14.9 Å². The number of piperidine rings is 2. The van der Waals surface area contributed by atoms with E-state index in [2.05, 4.69) is 20.9 Å². The summed E-state index contributed by atoms with van der Waals surface area (Å²) in [4.78, 5) is 25.6. The molecule has 27 heavy (non-hydrogen) atoms. The number of pyridine rings is 2. The van der Waals surface area contributed by atoms with E-state index >= 15 is 0 Å². The van der Waals surface area contributed by atoms with E-state index in [9.17, 15) is 4.79 Å². The van der Waals surface area contributed by atoms with Crippen LogP contribution in [0.25, 0.3) is 0 Å². The molecule has 4 heterocycles. The van der Waals surface area contributed by atoms with E-state index in [0.29, 0.717) is 18.5 Å². The molecule has 2 aromatic rings. The number of carbonyl (C=O) groups is 1. The van der Waals surface area contributed by atoms with Gasteiger partial charge in [-0.15, -0.1) is 0 Å². The zero-order valence-corrected chi connectivity index (χ0v) is 15.3. The lowest BCUT2D eigenvalue weighted by molar-refractivity contribution is -0.138. The maximum absolute atomic E-state index is 12.5. The number of anilines is 1. The smallest absolute Gasteiger partial charge is 0.222 e. The van der Waals surface area contributed by atoms with Gasteiger partial charge < -0.3 is 9.80 Å². The molecule has 0 aliphatic carbocycles. The highest BCUT2D eigenvalue weighted by Crippen LogP contribution is 2.40. The van der Waals surface area contributed by atoms with Crippen LogP contribution in [0.5, 0.6) is 0 Å². The summed E-state index contributed by atoms with van der Waals surface area (Å²) < 4.78 is 0. The van der Waals surface area contributed by atoms with Gasteiger partial charge in [0.2, 0.25) is 5.91 Å². The molecule has 0 radical (unpaired) electrons. The van der Waals surface area contributed by atoms with Gasteiger partial charge in [-0.3, -0.25) is 9.78 Å². The second-order valence-corrected chi connectivity index (χ2v) is 7.61. The molecule has 2 aliphatic heterocycles. The van der Waals surface area contributed by atoms with Crippen LogP contribution in [0.15, 0.2) is 42.7 Å². The Morgan fingerprint density at radius 1 is 1.15 bits per heavy atom. The number of aromatic nitrogens is 2. The molecule has 1 spiro atoms. The molecule has 0 saturated carbocycles. The van der Waals surface area contributed by atoms with E-state index < -0.39 is 0 Å². The first-order chi connectivity index (χ1) is 13.2. The largest absolute Gasteiger partial charge is 0.356 e. The SMILES string of the molecule is N#Cc1ccc(N2CCC[C@]3(CCC(=O)N(Cc4ccccn4)C3)C2)nc1. The number of rotatable bonds is 3. The van der Waals surface area contributed by atoms with Crippen molar-refractivity contribution in [3.8, 4) is 6.07 Å². The van der Waals surface area contributed by atoms with Crippen LogP contribution < -0.4 is 4.90 Å². The second kappa shape index (κ2) is 7.36. The minimum Gasteiger partial charge on any atom is -0.356 e. The van der Waals surface area contributed by atoms with E-state index in [1.165, 1.54) is 0 Å². The Kier molecular flexibility index (Phi) is 4.76. The highest BCUT2D eigenvalue weighted by Gasteiger charge is 2.42.